The number of hydrogen-bond donors (Lipinski definition) is 3. The molecule has 0 aliphatic rings. The maximum atomic E-state index is 12.3. The predicted octanol–water partition coefficient (Wildman–Crippen LogP) is 5.94. The van der Waals surface area contributed by atoms with Crippen LogP contribution in [0.4, 0.5) is 0 Å². The molecule has 1 unspecified atom stereocenters. The molecule has 3 N–H and O–H groups in total. The fourth-order valence-corrected chi connectivity index (χ4v) is 3.82. The van der Waals surface area contributed by atoms with Crippen molar-refractivity contribution in [2.45, 2.75) is 129 Å². The predicted molar refractivity (Wildman–Crippen MR) is 166 cm³/mol. The Balaban J connectivity index is -0.00000800. The Hall–Kier alpha value is -2.68. The maximum Gasteiger partial charge on any atom is 0.306 e. The molecule has 9 heteroatoms. The topological polar surface area (TPSA) is 131 Å². The summed E-state index contributed by atoms with van der Waals surface area (Å²) in [7, 11) is 0. The van der Waals surface area contributed by atoms with Crippen molar-refractivity contribution in [1.29, 1.82) is 0 Å². The molecule has 2 amide bonds. The molecule has 0 aromatic rings. The monoisotopic (exact) mass is 584 g/mol. The Morgan fingerprint density at radius 3 is 1.66 bits per heavy atom. The van der Waals surface area contributed by atoms with E-state index in [0.717, 1.165) is 25.7 Å². The van der Waals surface area contributed by atoms with Crippen LogP contribution in [0.1, 0.15) is 126 Å². The van der Waals surface area contributed by atoms with Gasteiger partial charge in [-0.2, -0.15) is 0 Å². The molecular formula is C32H60N2O7. The van der Waals surface area contributed by atoms with E-state index in [1.54, 1.807) is 0 Å². The van der Waals surface area contributed by atoms with Crippen molar-refractivity contribution in [3.63, 3.8) is 0 Å². The summed E-state index contributed by atoms with van der Waals surface area (Å²) in [4.78, 5) is 48.0. The van der Waals surface area contributed by atoms with Gasteiger partial charge in [0.2, 0.25) is 5.91 Å². The summed E-state index contributed by atoms with van der Waals surface area (Å²) < 4.78 is 10.3. The Labute approximate surface area is 250 Å². The van der Waals surface area contributed by atoms with Gasteiger partial charge < -0.3 is 25.2 Å². The van der Waals surface area contributed by atoms with E-state index in [-0.39, 0.29) is 66.1 Å². The minimum absolute atomic E-state index is 0. The van der Waals surface area contributed by atoms with E-state index < -0.39 is 11.5 Å². The van der Waals surface area contributed by atoms with Crippen LogP contribution in [-0.2, 0) is 28.7 Å². The van der Waals surface area contributed by atoms with Crippen molar-refractivity contribution < 1.29 is 36.6 Å². The summed E-state index contributed by atoms with van der Waals surface area (Å²) in [6, 6.07) is 0. The first kappa shape index (κ1) is 38.3. The van der Waals surface area contributed by atoms with Gasteiger partial charge in [0.25, 0.3) is 5.91 Å². The van der Waals surface area contributed by atoms with Crippen molar-refractivity contribution in [3.05, 3.63) is 24.3 Å². The molecule has 0 aromatic heterocycles. The molecule has 0 radical (unpaired) electrons. The van der Waals surface area contributed by atoms with Crippen LogP contribution in [0.5, 0.6) is 0 Å². The number of aliphatic hydroxyl groups is 1. The zero-order chi connectivity index (χ0) is 30.6. The van der Waals surface area contributed by atoms with E-state index >= 15 is 0 Å². The number of hydrogen-bond acceptors (Lipinski definition) is 7. The lowest BCUT2D eigenvalue weighted by Gasteiger charge is -2.22. The molecule has 0 rings (SSSR count). The molecule has 1 atom stereocenters. The van der Waals surface area contributed by atoms with Gasteiger partial charge in [0.15, 0.2) is 0 Å². The number of ether oxygens (including phenoxy) is 2. The maximum absolute atomic E-state index is 12.3. The van der Waals surface area contributed by atoms with Crippen LogP contribution in [0, 0.1) is 0 Å². The van der Waals surface area contributed by atoms with Crippen molar-refractivity contribution >= 4 is 23.8 Å². The van der Waals surface area contributed by atoms with Gasteiger partial charge in [-0.25, -0.2) is 0 Å². The number of unbranched alkanes of at least 4 members (excludes halogenated alkanes) is 8. The van der Waals surface area contributed by atoms with Crippen LogP contribution in [0.2, 0.25) is 0 Å². The quantitative estimate of drug-likeness (QED) is 0.0651. The molecule has 0 saturated heterocycles. The molecule has 0 bridgehead atoms. The third-order valence-corrected chi connectivity index (χ3v) is 6.51. The number of nitrogens with one attached hydrogen (secondary N) is 2. The van der Waals surface area contributed by atoms with E-state index in [1.165, 1.54) is 45.4 Å². The van der Waals surface area contributed by atoms with Crippen molar-refractivity contribution in [1.82, 2.24) is 10.6 Å². The van der Waals surface area contributed by atoms with E-state index in [2.05, 4.69) is 24.5 Å². The molecule has 0 aromatic carbocycles. The largest absolute Gasteiger partial charge is 0.461 e. The highest BCUT2D eigenvalue weighted by Gasteiger charge is 2.30. The van der Waals surface area contributed by atoms with E-state index in [9.17, 15) is 24.3 Å². The smallest absolute Gasteiger partial charge is 0.306 e. The highest BCUT2D eigenvalue weighted by Crippen LogP contribution is 2.12. The summed E-state index contributed by atoms with van der Waals surface area (Å²) in [6.45, 7) is 6.74. The standard InChI is InChI=1S/C32H56N2O7.2H2/c1-4-6-8-10-12-14-16-26-40-29(36)20-18-24-33-28(35)22-23-32(3,39)31(38)34-25-19-21-30(37)41-27-17-15-13-11-9-7-5-2;;/h14-17,39H,4-13,18-27H2,1-3H3,(H,33,35)(H,34,38);2*1H/b16-14-,17-15-;;. The fourth-order valence-electron chi connectivity index (χ4n) is 3.82. The minimum Gasteiger partial charge on any atom is -0.461 e. The van der Waals surface area contributed by atoms with Crippen LogP contribution >= 0.6 is 0 Å². The second-order valence-corrected chi connectivity index (χ2v) is 10.6. The average Bonchev–Trinajstić information content (AvgIpc) is 2.95. The van der Waals surface area contributed by atoms with Gasteiger partial charge in [-0.05, 0) is 51.9 Å². The number of esters is 2. The first-order valence-electron chi connectivity index (χ1n) is 15.6. The molecule has 0 heterocycles. The van der Waals surface area contributed by atoms with Crippen LogP contribution in [0.25, 0.3) is 0 Å². The van der Waals surface area contributed by atoms with Crippen LogP contribution < -0.4 is 10.6 Å². The Bertz CT molecular complexity index is 790. The number of allylic oxidation sites excluding steroid dienone is 2. The van der Waals surface area contributed by atoms with Gasteiger partial charge >= 0.3 is 11.9 Å². The molecule has 9 nitrogen and oxygen atoms in total. The molecule has 0 aliphatic heterocycles. The Morgan fingerprint density at radius 2 is 1.17 bits per heavy atom. The average molecular weight is 585 g/mol. The fraction of sp³-hybridized carbons (Fsp3) is 0.750. The lowest BCUT2D eigenvalue weighted by molar-refractivity contribution is -0.143. The van der Waals surface area contributed by atoms with Gasteiger partial charge in [-0.3, -0.25) is 19.2 Å². The minimum atomic E-state index is -1.72. The third kappa shape index (κ3) is 24.8. The SMILES string of the molecule is CCCCCC/C=C\COC(=O)CCCNC(=O)CCC(C)(O)C(=O)NCCCC(=O)OC/C=C\CCCCCC.[HH].[HH]. The molecule has 41 heavy (non-hydrogen) atoms. The molecule has 0 fully saturated rings. The first-order valence-corrected chi connectivity index (χ1v) is 15.6. The number of rotatable bonds is 26. The van der Waals surface area contributed by atoms with Gasteiger partial charge in [-0.1, -0.05) is 76.7 Å². The molecule has 0 saturated carbocycles. The normalized spacial score (nSPS) is 12.8. The number of carbonyl (C=O) groups is 4. The summed E-state index contributed by atoms with van der Waals surface area (Å²) in [6.07, 6.45) is 20.5. The van der Waals surface area contributed by atoms with Gasteiger partial charge in [-0.15, -0.1) is 0 Å². The highest BCUT2D eigenvalue weighted by atomic mass is 16.5. The molecule has 0 spiro atoms. The molecule has 0 aliphatic carbocycles. The molecule has 240 valence electrons. The lowest BCUT2D eigenvalue weighted by Crippen LogP contribution is -2.45. The summed E-state index contributed by atoms with van der Waals surface area (Å²) in [5.41, 5.74) is -1.72. The second kappa shape index (κ2) is 26.2. The van der Waals surface area contributed by atoms with Crippen LogP contribution in [0.15, 0.2) is 24.3 Å². The summed E-state index contributed by atoms with van der Waals surface area (Å²) >= 11 is 0. The van der Waals surface area contributed by atoms with Gasteiger partial charge in [0, 0.05) is 35.2 Å². The lowest BCUT2D eigenvalue weighted by atomic mass is 9.98. The zero-order valence-electron chi connectivity index (χ0n) is 25.8. The Kier molecular flexibility index (Phi) is 24.5. The third-order valence-electron chi connectivity index (χ3n) is 6.51. The molecular weight excluding hydrogens is 524 g/mol. The summed E-state index contributed by atoms with van der Waals surface area (Å²) in [5.74, 6) is -1.55. The number of carbonyl (C=O) groups excluding carboxylic acids is 4. The first-order chi connectivity index (χ1) is 19.7. The van der Waals surface area contributed by atoms with E-state index in [0.29, 0.717) is 19.4 Å². The van der Waals surface area contributed by atoms with Crippen molar-refractivity contribution in [3.8, 4) is 0 Å². The highest BCUT2D eigenvalue weighted by molar-refractivity contribution is 5.85. The van der Waals surface area contributed by atoms with Crippen LogP contribution in [-0.4, -0.2) is 60.8 Å². The van der Waals surface area contributed by atoms with E-state index in [1.807, 2.05) is 24.3 Å². The number of amides is 2. The Morgan fingerprint density at radius 1 is 0.683 bits per heavy atom. The zero-order valence-corrected chi connectivity index (χ0v) is 25.8. The van der Waals surface area contributed by atoms with E-state index in [4.69, 9.17) is 9.47 Å². The van der Waals surface area contributed by atoms with Crippen molar-refractivity contribution in [2.75, 3.05) is 26.3 Å². The van der Waals surface area contributed by atoms with Gasteiger partial charge in [0.1, 0.15) is 18.8 Å². The second-order valence-electron chi connectivity index (χ2n) is 10.6. The summed E-state index contributed by atoms with van der Waals surface area (Å²) in [5, 5.41) is 15.7. The van der Waals surface area contributed by atoms with Crippen LogP contribution in [0.3, 0.4) is 0 Å². The van der Waals surface area contributed by atoms with Gasteiger partial charge in [0.05, 0.1) is 0 Å². The van der Waals surface area contributed by atoms with Crippen molar-refractivity contribution in [2.24, 2.45) is 0 Å².